The van der Waals surface area contributed by atoms with Gasteiger partial charge in [0.15, 0.2) is 6.61 Å². The zero-order valence-electron chi connectivity index (χ0n) is 22.7. The Kier molecular flexibility index (Phi) is 8.52. The fourth-order valence-electron chi connectivity index (χ4n) is 5.01. The maximum absolute atomic E-state index is 11.4. The van der Waals surface area contributed by atoms with Crippen LogP contribution in [0.3, 0.4) is 0 Å². The number of nitrogens with zero attached hydrogens (tertiary/aromatic N) is 2. The number of halogens is 1. The van der Waals surface area contributed by atoms with E-state index in [1.165, 1.54) is 11.8 Å². The zero-order valence-corrected chi connectivity index (χ0v) is 23.4. The number of ether oxygens (including phenoxy) is 1. The Balaban J connectivity index is 1.24. The number of fused-ring (bicyclic) bond motifs is 1. The quantitative estimate of drug-likeness (QED) is 0.172. The Morgan fingerprint density at radius 3 is 2.62 bits per heavy atom. The number of carbonyl (C=O) groups is 1. The van der Waals surface area contributed by atoms with Crippen LogP contribution in [0.2, 0.25) is 5.02 Å². The van der Waals surface area contributed by atoms with E-state index in [1.807, 2.05) is 49.5 Å². The van der Waals surface area contributed by atoms with Gasteiger partial charge in [0, 0.05) is 62.8 Å². The summed E-state index contributed by atoms with van der Waals surface area (Å²) in [5, 5.41) is 17.7. The van der Waals surface area contributed by atoms with E-state index >= 15 is 0 Å². The molecule has 0 radical (unpaired) electrons. The molecule has 0 saturated carbocycles. The molecule has 1 amide bonds. The van der Waals surface area contributed by atoms with Gasteiger partial charge in [-0.2, -0.15) is 0 Å². The molecular formula is C30H34ClN7O2. The summed E-state index contributed by atoms with van der Waals surface area (Å²) in [5.41, 5.74) is 6.57. The van der Waals surface area contributed by atoms with Crippen molar-refractivity contribution in [2.45, 2.75) is 25.4 Å². The molecule has 2 heterocycles. The molecule has 0 atom stereocenters. The molecule has 0 spiro atoms. The fourth-order valence-corrected chi connectivity index (χ4v) is 5.22. The van der Waals surface area contributed by atoms with Crippen LogP contribution in [0.4, 0.5) is 11.4 Å². The van der Waals surface area contributed by atoms with E-state index in [2.05, 4.69) is 38.0 Å². The van der Waals surface area contributed by atoms with Crippen molar-refractivity contribution >= 4 is 46.1 Å². The topological polar surface area (TPSA) is 118 Å². The van der Waals surface area contributed by atoms with Gasteiger partial charge in [-0.15, -0.1) is 0 Å². The average molecular weight is 560 g/mol. The first-order valence-corrected chi connectivity index (χ1v) is 13.8. The van der Waals surface area contributed by atoms with Gasteiger partial charge >= 0.3 is 0 Å². The molecule has 1 aliphatic heterocycles. The third-order valence-corrected chi connectivity index (χ3v) is 7.58. The first-order chi connectivity index (χ1) is 19.5. The average Bonchev–Trinajstić information content (AvgIpc) is 3.43. The number of rotatable bonds is 10. The van der Waals surface area contributed by atoms with E-state index in [9.17, 15) is 4.79 Å². The summed E-state index contributed by atoms with van der Waals surface area (Å²) in [4.78, 5) is 22.2. The second-order valence-corrected chi connectivity index (χ2v) is 10.3. The number of aromatic amines is 1. The van der Waals surface area contributed by atoms with Gasteiger partial charge in [-0.3, -0.25) is 9.69 Å². The molecule has 9 nitrogen and oxygen atoms in total. The number of imidazole rings is 1. The van der Waals surface area contributed by atoms with Crippen molar-refractivity contribution in [3.8, 4) is 17.1 Å². The van der Waals surface area contributed by atoms with Crippen molar-refractivity contribution in [3.63, 3.8) is 0 Å². The van der Waals surface area contributed by atoms with Crippen LogP contribution in [-0.4, -0.2) is 66.8 Å². The highest BCUT2D eigenvalue weighted by atomic mass is 35.5. The number of carbonyl (C=O) groups excluding carboxylic acids is 1. The van der Waals surface area contributed by atoms with Crippen molar-refractivity contribution in [3.05, 3.63) is 70.7 Å². The van der Waals surface area contributed by atoms with E-state index < -0.39 is 0 Å². The maximum Gasteiger partial charge on any atom is 0.257 e. The normalized spacial score (nSPS) is 14.2. The van der Waals surface area contributed by atoms with E-state index in [0.717, 1.165) is 71.8 Å². The zero-order chi connectivity index (χ0) is 28.1. The minimum absolute atomic E-state index is 0.0254. The molecule has 1 saturated heterocycles. The molecule has 5 N–H and O–H groups in total. The Bertz CT molecular complexity index is 1490. The number of piperidine rings is 1. The van der Waals surface area contributed by atoms with E-state index in [1.54, 1.807) is 7.05 Å². The summed E-state index contributed by atoms with van der Waals surface area (Å²) in [6.07, 6.45) is 3.39. The van der Waals surface area contributed by atoms with E-state index in [4.69, 9.17) is 26.7 Å². The lowest BCUT2D eigenvalue weighted by atomic mass is 10.0. The van der Waals surface area contributed by atoms with Gasteiger partial charge in [0.25, 0.3) is 5.91 Å². The number of likely N-dealkylation sites (N-methyl/N-ethyl adjacent to an activating group) is 1. The SMILES string of the molecule is CNC(=O)COc1ccc(-c2nc3c(NC4CCN(Cc5ccc(NC)c(C=N)c5)CC4)c(Cl)ccc3[nH]2)cc1. The summed E-state index contributed by atoms with van der Waals surface area (Å²) < 4.78 is 5.50. The number of hydrogen-bond acceptors (Lipinski definition) is 7. The second kappa shape index (κ2) is 12.4. The van der Waals surface area contributed by atoms with Gasteiger partial charge in [0.05, 0.1) is 16.2 Å². The van der Waals surface area contributed by atoms with Crippen molar-refractivity contribution < 1.29 is 9.53 Å². The number of H-pyrrole nitrogens is 1. The molecule has 3 aromatic carbocycles. The van der Waals surface area contributed by atoms with Crippen LogP contribution in [-0.2, 0) is 11.3 Å². The predicted molar refractivity (Wildman–Crippen MR) is 162 cm³/mol. The van der Waals surface area contributed by atoms with E-state index in [-0.39, 0.29) is 12.5 Å². The summed E-state index contributed by atoms with van der Waals surface area (Å²) >= 11 is 6.66. The van der Waals surface area contributed by atoms with Gasteiger partial charge in [-0.1, -0.05) is 17.7 Å². The molecule has 1 aromatic heterocycles. The minimum atomic E-state index is -0.180. The highest BCUT2D eigenvalue weighted by Gasteiger charge is 2.22. The largest absolute Gasteiger partial charge is 0.484 e. The van der Waals surface area contributed by atoms with Gasteiger partial charge in [-0.25, -0.2) is 4.98 Å². The second-order valence-electron chi connectivity index (χ2n) is 9.90. The van der Waals surface area contributed by atoms with Crippen LogP contribution in [0.25, 0.3) is 22.4 Å². The predicted octanol–water partition coefficient (Wildman–Crippen LogP) is 5.12. The Hall–Kier alpha value is -4.08. The lowest BCUT2D eigenvalue weighted by molar-refractivity contribution is -0.122. The minimum Gasteiger partial charge on any atom is -0.484 e. The lowest BCUT2D eigenvalue weighted by Crippen LogP contribution is -2.38. The van der Waals surface area contributed by atoms with E-state index in [0.29, 0.717) is 16.8 Å². The standard InChI is InChI=1S/C30H34ClN7O2/c1-33-25-9-3-19(15-21(25)16-32)17-38-13-11-22(12-14-38)35-28-24(31)8-10-26-29(28)37-30(36-26)20-4-6-23(7-5-20)40-18-27(39)34-2/h3-10,15-16,22,32-33,35H,11-14,17-18H2,1-2H3,(H,34,39)(H,36,37). The maximum atomic E-state index is 11.4. The molecule has 1 fully saturated rings. The van der Waals surface area contributed by atoms with Crippen molar-refractivity contribution in [1.82, 2.24) is 20.2 Å². The number of hydrogen-bond donors (Lipinski definition) is 5. The number of aromatic nitrogens is 2. The first-order valence-electron chi connectivity index (χ1n) is 13.4. The number of benzene rings is 3. The number of anilines is 2. The van der Waals surface area contributed by atoms with Crippen molar-refractivity contribution in [1.29, 1.82) is 5.41 Å². The van der Waals surface area contributed by atoms with Gasteiger partial charge in [0.2, 0.25) is 0 Å². The fraction of sp³-hybridized carbons (Fsp3) is 0.300. The molecule has 10 heteroatoms. The molecular weight excluding hydrogens is 526 g/mol. The molecule has 1 aliphatic rings. The summed E-state index contributed by atoms with van der Waals surface area (Å²) in [5.74, 6) is 1.17. The first kappa shape index (κ1) is 27.5. The molecule has 0 aliphatic carbocycles. The van der Waals surface area contributed by atoms with Crippen LogP contribution in [0, 0.1) is 5.41 Å². The van der Waals surface area contributed by atoms with Gasteiger partial charge in [-0.05, 0) is 66.9 Å². The summed E-state index contributed by atoms with van der Waals surface area (Å²) in [6.45, 7) is 2.78. The Morgan fingerprint density at radius 1 is 1.15 bits per heavy atom. The smallest absolute Gasteiger partial charge is 0.257 e. The highest BCUT2D eigenvalue weighted by Crippen LogP contribution is 2.34. The number of amides is 1. The lowest BCUT2D eigenvalue weighted by Gasteiger charge is -2.33. The van der Waals surface area contributed by atoms with Crippen molar-refractivity contribution in [2.24, 2.45) is 0 Å². The molecule has 0 unspecified atom stereocenters. The van der Waals surface area contributed by atoms with Crippen LogP contribution < -0.4 is 20.7 Å². The van der Waals surface area contributed by atoms with Crippen LogP contribution in [0.5, 0.6) is 5.75 Å². The third-order valence-electron chi connectivity index (χ3n) is 7.26. The van der Waals surface area contributed by atoms with Gasteiger partial charge in [0.1, 0.15) is 17.1 Å². The summed E-state index contributed by atoms with van der Waals surface area (Å²) in [6, 6.07) is 17.9. The molecule has 0 bridgehead atoms. The Labute approximate surface area is 238 Å². The molecule has 40 heavy (non-hydrogen) atoms. The molecule has 4 aromatic rings. The molecule has 208 valence electrons. The number of nitrogens with one attached hydrogen (secondary N) is 5. The third kappa shape index (κ3) is 6.21. The molecule has 5 rings (SSSR count). The van der Waals surface area contributed by atoms with Crippen LogP contribution in [0.1, 0.15) is 24.0 Å². The Morgan fingerprint density at radius 2 is 1.93 bits per heavy atom. The van der Waals surface area contributed by atoms with Gasteiger partial charge < -0.3 is 31.1 Å². The van der Waals surface area contributed by atoms with Crippen LogP contribution >= 0.6 is 11.6 Å². The van der Waals surface area contributed by atoms with Crippen LogP contribution in [0.15, 0.2) is 54.6 Å². The monoisotopic (exact) mass is 559 g/mol. The van der Waals surface area contributed by atoms with Crippen molar-refractivity contribution in [2.75, 3.05) is 44.4 Å². The summed E-state index contributed by atoms with van der Waals surface area (Å²) in [7, 11) is 3.46. The highest BCUT2D eigenvalue weighted by molar-refractivity contribution is 6.34. The number of likely N-dealkylation sites (tertiary alicyclic amines) is 1.